The van der Waals surface area contributed by atoms with Crippen LogP contribution in [-0.4, -0.2) is 15.9 Å². The first-order chi connectivity index (χ1) is 10.4. The van der Waals surface area contributed by atoms with Crippen molar-refractivity contribution in [1.82, 2.24) is 5.32 Å². The van der Waals surface area contributed by atoms with Crippen molar-refractivity contribution in [2.45, 2.75) is 6.54 Å². The summed E-state index contributed by atoms with van der Waals surface area (Å²) in [6.07, 6.45) is 0. The molecule has 6 nitrogen and oxygen atoms in total. The van der Waals surface area contributed by atoms with E-state index < -0.39 is 16.6 Å². The molecular formula is C14H10ClFN2O4. The fraction of sp³-hybridized carbons (Fsp3) is 0.0714. The molecule has 2 aromatic rings. The summed E-state index contributed by atoms with van der Waals surface area (Å²) >= 11 is 5.59. The Kier molecular flexibility index (Phi) is 4.57. The number of nitrogens with one attached hydrogen (secondary N) is 1. The first-order valence-electron chi connectivity index (χ1n) is 6.08. The number of carbonyl (C=O) groups is 1. The van der Waals surface area contributed by atoms with E-state index in [4.69, 9.17) is 11.6 Å². The van der Waals surface area contributed by atoms with E-state index in [0.29, 0.717) is 0 Å². The Bertz CT molecular complexity index is 752. The van der Waals surface area contributed by atoms with Gasteiger partial charge in [-0.2, -0.15) is 0 Å². The smallest absolute Gasteiger partial charge is 0.270 e. The molecule has 114 valence electrons. The molecule has 0 fully saturated rings. The Morgan fingerprint density at radius 1 is 1.32 bits per heavy atom. The maximum atomic E-state index is 13.6. The number of hydrogen-bond acceptors (Lipinski definition) is 4. The third-order valence-corrected chi connectivity index (χ3v) is 3.12. The highest BCUT2D eigenvalue weighted by Crippen LogP contribution is 2.23. The molecule has 0 saturated carbocycles. The number of amides is 1. The summed E-state index contributed by atoms with van der Waals surface area (Å²) in [5.74, 6) is -1.71. The van der Waals surface area contributed by atoms with E-state index >= 15 is 0 Å². The summed E-state index contributed by atoms with van der Waals surface area (Å²) in [5, 5.41) is 22.8. The van der Waals surface area contributed by atoms with Crippen molar-refractivity contribution < 1.29 is 19.2 Å². The topological polar surface area (TPSA) is 92.5 Å². The number of hydrogen-bond donors (Lipinski definition) is 2. The van der Waals surface area contributed by atoms with Crippen LogP contribution in [0.4, 0.5) is 10.1 Å². The highest BCUT2D eigenvalue weighted by molar-refractivity contribution is 6.30. The fourth-order valence-corrected chi connectivity index (χ4v) is 1.93. The molecule has 0 aromatic heterocycles. The van der Waals surface area contributed by atoms with Gasteiger partial charge in [-0.05, 0) is 24.3 Å². The predicted molar refractivity (Wildman–Crippen MR) is 77.3 cm³/mol. The molecule has 0 radical (unpaired) electrons. The first-order valence-corrected chi connectivity index (χ1v) is 6.46. The number of halogens is 2. The van der Waals surface area contributed by atoms with Crippen molar-refractivity contribution in [2.24, 2.45) is 0 Å². The quantitative estimate of drug-likeness (QED) is 0.668. The molecule has 0 heterocycles. The van der Waals surface area contributed by atoms with Gasteiger partial charge in [-0.25, -0.2) is 4.39 Å². The van der Waals surface area contributed by atoms with Crippen LogP contribution in [-0.2, 0) is 6.54 Å². The molecule has 0 aliphatic carbocycles. The first kappa shape index (κ1) is 15.7. The fourth-order valence-electron chi connectivity index (χ4n) is 1.77. The molecule has 0 spiro atoms. The Morgan fingerprint density at radius 3 is 2.68 bits per heavy atom. The van der Waals surface area contributed by atoms with E-state index in [2.05, 4.69) is 5.32 Å². The zero-order valence-electron chi connectivity index (χ0n) is 11.0. The molecule has 22 heavy (non-hydrogen) atoms. The van der Waals surface area contributed by atoms with Gasteiger partial charge in [0.05, 0.1) is 10.5 Å². The maximum Gasteiger partial charge on any atom is 0.270 e. The number of nitro groups is 1. The van der Waals surface area contributed by atoms with Crippen LogP contribution in [0.25, 0.3) is 0 Å². The molecule has 1 amide bonds. The molecular weight excluding hydrogens is 315 g/mol. The van der Waals surface area contributed by atoms with E-state index in [1.807, 2.05) is 0 Å². The molecule has 0 saturated heterocycles. The van der Waals surface area contributed by atoms with Crippen LogP contribution in [0.15, 0.2) is 36.4 Å². The van der Waals surface area contributed by atoms with Gasteiger partial charge < -0.3 is 10.4 Å². The average molecular weight is 325 g/mol. The second-order valence-electron chi connectivity index (χ2n) is 4.38. The summed E-state index contributed by atoms with van der Waals surface area (Å²) in [4.78, 5) is 21.9. The summed E-state index contributed by atoms with van der Waals surface area (Å²) in [6, 6.07) is 7.02. The molecule has 0 aliphatic rings. The van der Waals surface area contributed by atoms with Crippen LogP contribution in [0.3, 0.4) is 0 Å². The van der Waals surface area contributed by atoms with E-state index in [1.54, 1.807) is 0 Å². The van der Waals surface area contributed by atoms with Crippen LogP contribution >= 0.6 is 11.6 Å². The number of nitro benzene ring substituents is 1. The minimum atomic E-state index is -0.784. The second kappa shape index (κ2) is 6.40. The predicted octanol–water partition coefficient (Wildman–Crippen LogP) is 3.02. The van der Waals surface area contributed by atoms with Crippen LogP contribution in [0, 0.1) is 15.9 Å². The standard InChI is InChI=1S/C14H10ClFN2O4/c15-9-1-3-11(12(16)6-9)14(20)17-7-8-5-10(18(21)22)2-4-13(8)19/h1-6,19H,7H2,(H,17,20). The number of phenolic OH excluding ortho intramolecular Hbond substituents is 1. The summed E-state index contributed by atoms with van der Waals surface area (Å²) in [5.41, 5.74) is -0.286. The maximum absolute atomic E-state index is 13.6. The van der Waals surface area contributed by atoms with Crippen molar-refractivity contribution in [3.8, 4) is 5.75 Å². The van der Waals surface area contributed by atoms with Gasteiger partial charge in [0.1, 0.15) is 11.6 Å². The van der Waals surface area contributed by atoms with Gasteiger partial charge in [0.2, 0.25) is 0 Å². The van der Waals surface area contributed by atoms with Gasteiger partial charge in [0.25, 0.3) is 11.6 Å². The Labute approximate surface area is 129 Å². The van der Waals surface area contributed by atoms with Crippen molar-refractivity contribution in [2.75, 3.05) is 0 Å². The molecule has 2 N–H and O–H groups in total. The van der Waals surface area contributed by atoms with E-state index in [0.717, 1.165) is 24.3 Å². The van der Waals surface area contributed by atoms with Gasteiger partial charge in [0.15, 0.2) is 0 Å². The third-order valence-electron chi connectivity index (χ3n) is 2.89. The molecule has 0 atom stereocenters. The monoisotopic (exact) mass is 324 g/mol. The number of non-ortho nitro benzene ring substituents is 1. The van der Waals surface area contributed by atoms with Crippen molar-refractivity contribution >= 4 is 23.2 Å². The number of nitrogens with zero attached hydrogens (tertiary/aromatic N) is 1. The van der Waals surface area contributed by atoms with Gasteiger partial charge in [-0.1, -0.05) is 11.6 Å². The summed E-state index contributed by atoms with van der Waals surface area (Å²) in [6.45, 7) is -0.186. The minimum absolute atomic E-state index is 0.150. The average Bonchev–Trinajstić information content (AvgIpc) is 2.45. The number of aromatic hydroxyl groups is 1. The van der Waals surface area contributed by atoms with E-state index in [-0.39, 0.29) is 34.1 Å². The van der Waals surface area contributed by atoms with Gasteiger partial charge in [-0.15, -0.1) is 0 Å². The SMILES string of the molecule is O=C(NCc1cc([N+](=O)[O-])ccc1O)c1ccc(Cl)cc1F. The Balaban J connectivity index is 2.14. The van der Waals surface area contributed by atoms with Gasteiger partial charge >= 0.3 is 0 Å². The number of benzene rings is 2. The van der Waals surface area contributed by atoms with Crippen LogP contribution in [0.1, 0.15) is 15.9 Å². The lowest BCUT2D eigenvalue weighted by molar-refractivity contribution is -0.384. The van der Waals surface area contributed by atoms with Crippen LogP contribution in [0.5, 0.6) is 5.75 Å². The van der Waals surface area contributed by atoms with Crippen LogP contribution in [0.2, 0.25) is 5.02 Å². The molecule has 8 heteroatoms. The molecule has 2 rings (SSSR count). The zero-order valence-corrected chi connectivity index (χ0v) is 11.8. The Hall–Kier alpha value is -2.67. The lowest BCUT2D eigenvalue weighted by Crippen LogP contribution is -2.23. The van der Waals surface area contributed by atoms with Crippen molar-refractivity contribution in [1.29, 1.82) is 0 Å². The number of phenols is 1. The number of rotatable bonds is 4. The lowest BCUT2D eigenvalue weighted by atomic mass is 10.1. The second-order valence-corrected chi connectivity index (χ2v) is 4.81. The van der Waals surface area contributed by atoms with Crippen molar-refractivity contribution in [3.05, 3.63) is 68.5 Å². The molecule has 0 bridgehead atoms. The summed E-state index contributed by atoms with van der Waals surface area (Å²) in [7, 11) is 0. The van der Waals surface area contributed by atoms with Gasteiger partial charge in [-0.3, -0.25) is 14.9 Å². The van der Waals surface area contributed by atoms with E-state index in [1.165, 1.54) is 12.1 Å². The normalized spacial score (nSPS) is 10.3. The summed E-state index contributed by atoms with van der Waals surface area (Å²) < 4.78 is 13.6. The van der Waals surface area contributed by atoms with Crippen LogP contribution < -0.4 is 5.32 Å². The van der Waals surface area contributed by atoms with Gasteiger partial charge in [0, 0.05) is 29.3 Å². The lowest BCUT2D eigenvalue weighted by Gasteiger charge is -2.08. The largest absolute Gasteiger partial charge is 0.508 e. The van der Waals surface area contributed by atoms with E-state index in [9.17, 15) is 24.4 Å². The Morgan fingerprint density at radius 2 is 2.05 bits per heavy atom. The highest BCUT2D eigenvalue weighted by atomic mass is 35.5. The molecule has 0 unspecified atom stereocenters. The molecule has 2 aromatic carbocycles. The van der Waals surface area contributed by atoms with Crippen molar-refractivity contribution in [3.63, 3.8) is 0 Å². The third kappa shape index (κ3) is 3.50. The zero-order chi connectivity index (χ0) is 16.3. The minimum Gasteiger partial charge on any atom is -0.508 e. The highest BCUT2D eigenvalue weighted by Gasteiger charge is 2.14. The number of carbonyl (C=O) groups excluding carboxylic acids is 1. The molecule has 0 aliphatic heterocycles.